The second kappa shape index (κ2) is 5.09. The fourth-order valence-corrected chi connectivity index (χ4v) is 2.63. The highest BCUT2D eigenvalue weighted by Crippen LogP contribution is 2.29. The van der Waals surface area contributed by atoms with E-state index in [0.717, 1.165) is 30.0 Å². The molecular formula is C13H9F3N4OS. The van der Waals surface area contributed by atoms with Crippen LogP contribution in [-0.4, -0.2) is 20.5 Å². The summed E-state index contributed by atoms with van der Waals surface area (Å²) in [5.41, 5.74) is 0.172. The Morgan fingerprint density at radius 2 is 1.95 bits per heavy atom. The Balaban J connectivity index is 1.79. The van der Waals surface area contributed by atoms with Gasteiger partial charge in [-0.25, -0.2) is 4.52 Å². The van der Waals surface area contributed by atoms with Gasteiger partial charge in [0, 0.05) is 10.9 Å². The average Bonchev–Trinajstić information content (AvgIpc) is 3.00. The number of nitrogens with zero attached hydrogens (tertiary/aromatic N) is 3. The van der Waals surface area contributed by atoms with Gasteiger partial charge in [0.2, 0.25) is 4.96 Å². The number of aryl methyl sites for hydroxylation is 1. The molecule has 22 heavy (non-hydrogen) atoms. The minimum atomic E-state index is -4.43. The van der Waals surface area contributed by atoms with Crippen molar-refractivity contribution in [3.8, 4) is 0 Å². The van der Waals surface area contributed by atoms with Crippen LogP contribution in [0, 0.1) is 6.92 Å². The minimum absolute atomic E-state index is 0.0999. The summed E-state index contributed by atoms with van der Waals surface area (Å²) in [6.07, 6.45) is -4.43. The van der Waals surface area contributed by atoms with Gasteiger partial charge in [-0.1, -0.05) is 0 Å². The zero-order chi connectivity index (χ0) is 15.9. The standard InChI is InChI=1S/C13H9F3N4OS/c1-7-6-22-12-18-11(19-20(7)12)17-10(21)8-2-4-9(5-3-8)13(14,15)16/h2-6H,1H3,(H,17,19,21). The second-order valence-electron chi connectivity index (χ2n) is 4.54. The molecule has 2 aromatic heterocycles. The van der Waals surface area contributed by atoms with Crippen LogP contribution in [0.2, 0.25) is 0 Å². The molecule has 0 aliphatic carbocycles. The first-order valence-electron chi connectivity index (χ1n) is 6.14. The van der Waals surface area contributed by atoms with Gasteiger partial charge in [-0.2, -0.15) is 18.2 Å². The number of nitrogens with one attached hydrogen (secondary N) is 1. The largest absolute Gasteiger partial charge is 0.416 e. The predicted octanol–water partition coefficient (Wildman–Crippen LogP) is 3.37. The van der Waals surface area contributed by atoms with E-state index in [-0.39, 0.29) is 11.5 Å². The van der Waals surface area contributed by atoms with Gasteiger partial charge in [-0.3, -0.25) is 10.1 Å². The van der Waals surface area contributed by atoms with E-state index in [4.69, 9.17) is 0 Å². The number of aromatic nitrogens is 3. The molecule has 2 heterocycles. The number of thiazole rings is 1. The van der Waals surface area contributed by atoms with Crippen molar-refractivity contribution in [2.75, 3.05) is 5.32 Å². The summed E-state index contributed by atoms with van der Waals surface area (Å²) < 4.78 is 39.0. The van der Waals surface area contributed by atoms with Gasteiger partial charge in [0.15, 0.2) is 0 Å². The molecule has 0 spiro atoms. The number of carbonyl (C=O) groups is 1. The molecule has 0 saturated heterocycles. The average molecular weight is 326 g/mol. The summed E-state index contributed by atoms with van der Waals surface area (Å²) >= 11 is 1.38. The highest BCUT2D eigenvalue weighted by Gasteiger charge is 2.30. The minimum Gasteiger partial charge on any atom is -0.289 e. The first-order chi connectivity index (χ1) is 10.3. The van der Waals surface area contributed by atoms with Crippen LogP contribution in [0.3, 0.4) is 0 Å². The van der Waals surface area contributed by atoms with Gasteiger partial charge in [0.25, 0.3) is 11.9 Å². The molecule has 1 N–H and O–H groups in total. The van der Waals surface area contributed by atoms with Gasteiger partial charge in [-0.05, 0) is 31.2 Å². The van der Waals surface area contributed by atoms with E-state index in [1.54, 1.807) is 4.52 Å². The van der Waals surface area contributed by atoms with E-state index in [0.29, 0.717) is 4.96 Å². The van der Waals surface area contributed by atoms with E-state index in [1.165, 1.54) is 11.3 Å². The SMILES string of the molecule is Cc1csc2nc(NC(=O)c3ccc(C(F)(F)F)cc3)nn12. The van der Waals surface area contributed by atoms with Crippen molar-refractivity contribution < 1.29 is 18.0 Å². The monoisotopic (exact) mass is 326 g/mol. The fourth-order valence-electron chi connectivity index (χ4n) is 1.83. The number of rotatable bonds is 2. The maximum absolute atomic E-state index is 12.5. The van der Waals surface area contributed by atoms with E-state index in [9.17, 15) is 18.0 Å². The molecule has 5 nitrogen and oxygen atoms in total. The lowest BCUT2D eigenvalue weighted by molar-refractivity contribution is -0.137. The Hall–Kier alpha value is -2.42. The Bertz CT molecular complexity index is 835. The van der Waals surface area contributed by atoms with Crippen molar-refractivity contribution in [2.45, 2.75) is 13.1 Å². The van der Waals surface area contributed by atoms with Crippen LogP contribution in [0.1, 0.15) is 21.6 Å². The molecule has 9 heteroatoms. The molecule has 0 atom stereocenters. The summed E-state index contributed by atoms with van der Waals surface area (Å²) in [4.78, 5) is 16.7. The van der Waals surface area contributed by atoms with Crippen molar-refractivity contribution >= 4 is 28.2 Å². The van der Waals surface area contributed by atoms with E-state index in [2.05, 4.69) is 15.4 Å². The molecule has 1 aromatic carbocycles. The zero-order valence-corrected chi connectivity index (χ0v) is 12.0. The fraction of sp³-hybridized carbons (Fsp3) is 0.154. The Morgan fingerprint density at radius 1 is 1.27 bits per heavy atom. The number of amides is 1. The van der Waals surface area contributed by atoms with Crippen LogP contribution in [0.15, 0.2) is 29.6 Å². The molecule has 0 saturated carbocycles. The van der Waals surface area contributed by atoms with Crippen LogP contribution < -0.4 is 5.32 Å². The third-order valence-electron chi connectivity index (χ3n) is 2.95. The summed E-state index contributed by atoms with van der Waals surface area (Å²) in [6, 6.07) is 3.94. The summed E-state index contributed by atoms with van der Waals surface area (Å²) in [7, 11) is 0. The lowest BCUT2D eigenvalue weighted by atomic mass is 10.1. The number of benzene rings is 1. The molecule has 0 radical (unpaired) electrons. The number of anilines is 1. The van der Waals surface area contributed by atoms with Crippen LogP contribution in [-0.2, 0) is 6.18 Å². The predicted molar refractivity (Wildman–Crippen MR) is 75.0 cm³/mol. The van der Waals surface area contributed by atoms with Crippen LogP contribution >= 0.6 is 11.3 Å². The molecule has 0 aliphatic heterocycles. The lowest BCUT2D eigenvalue weighted by Crippen LogP contribution is -2.14. The van der Waals surface area contributed by atoms with Gasteiger partial charge in [0.1, 0.15) is 0 Å². The van der Waals surface area contributed by atoms with E-state index >= 15 is 0 Å². The first-order valence-corrected chi connectivity index (χ1v) is 7.02. The Kier molecular flexibility index (Phi) is 3.36. The summed E-state index contributed by atoms with van der Waals surface area (Å²) in [5.74, 6) is -0.454. The van der Waals surface area contributed by atoms with Crippen molar-refractivity contribution in [3.05, 3.63) is 46.5 Å². The molecular weight excluding hydrogens is 317 g/mol. The number of hydrogen-bond acceptors (Lipinski definition) is 4. The van der Waals surface area contributed by atoms with Crippen LogP contribution in [0.25, 0.3) is 4.96 Å². The number of alkyl halides is 3. The molecule has 1 amide bonds. The Labute approximate surface area is 126 Å². The summed E-state index contributed by atoms with van der Waals surface area (Å²) in [5, 5.41) is 8.43. The highest BCUT2D eigenvalue weighted by molar-refractivity contribution is 7.15. The van der Waals surface area contributed by atoms with Gasteiger partial charge >= 0.3 is 6.18 Å². The molecule has 3 rings (SSSR count). The van der Waals surface area contributed by atoms with E-state index < -0.39 is 17.6 Å². The van der Waals surface area contributed by atoms with Crippen molar-refractivity contribution in [1.29, 1.82) is 0 Å². The maximum atomic E-state index is 12.5. The number of halogens is 3. The molecule has 0 aliphatic rings. The quantitative estimate of drug-likeness (QED) is 0.785. The Morgan fingerprint density at radius 3 is 2.55 bits per heavy atom. The molecule has 0 bridgehead atoms. The highest BCUT2D eigenvalue weighted by atomic mass is 32.1. The number of hydrogen-bond donors (Lipinski definition) is 1. The van der Waals surface area contributed by atoms with E-state index in [1.807, 2.05) is 12.3 Å². The molecule has 3 aromatic rings. The molecule has 0 unspecified atom stereocenters. The second-order valence-corrected chi connectivity index (χ2v) is 5.37. The van der Waals surface area contributed by atoms with Crippen LogP contribution in [0.4, 0.5) is 19.1 Å². The number of fused-ring (bicyclic) bond motifs is 1. The lowest BCUT2D eigenvalue weighted by Gasteiger charge is -2.07. The number of carbonyl (C=O) groups excluding carboxylic acids is 1. The smallest absolute Gasteiger partial charge is 0.289 e. The summed E-state index contributed by atoms with van der Waals surface area (Å²) in [6.45, 7) is 1.85. The van der Waals surface area contributed by atoms with Gasteiger partial charge in [0.05, 0.1) is 11.3 Å². The normalized spacial score (nSPS) is 11.8. The van der Waals surface area contributed by atoms with Crippen LogP contribution in [0.5, 0.6) is 0 Å². The third kappa shape index (κ3) is 2.67. The van der Waals surface area contributed by atoms with Crippen molar-refractivity contribution in [2.24, 2.45) is 0 Å². The first kappa shape index (κ1) is 14.5. The molecule has 114 valence electrons. The van der Waals surface area contributed by atoms with Crippen molar-refractivity contribution in [3.63, 3.8) is 0 Å². The van der Waals surface area contributed by atoms with Crippen molar-refractivity contribution in [1.82, 2.24) is 14.6 Å². The maximum Gasteiger partial charge on any atom is 0.416 e. The zero-order valence-electron chi connectivity index (χ0n) is 11.2. The third-order valence-corrected chi connectivity index (χ3v) is 3.88. The topological polar surface area (TPSA) is 59.3 Å². The van der Waals surface area contributed by atoms with Gasteiger partial charge in [-0.15, -0.1) is 16.4 Å². The van der Waals surface area contributed by atoms with Gasteiger partial charge < -0.3 is 0 Å². The molecule has 0 fully saturated rings.